The zero-order chi connectivity index (χ0) is 15.8. The fraction of sp³-hybridized carbons (Fsp3) is 0.412. The first-order chi connectivity index (χ1) is 11.2. The van der Waals surface area contributed by atoms with Gasteiger partial charge in [-0.25, -0.2) is 4.98 Å². The number of nitrogens with one attached hydrogen (secondary N) is 1. The average molecular weight is 346 g/mol. The Morgan fingerprint density at radius 3 is 3.00 bits per heavy atom. The van der Waals surface area contributed by atoms with Crippen LogP contribution in [0.15, 0.2) is 34.4 Å². The Morgan fingerprint density at radius 2 is 2.39 bits per heavy atom. The molecule has 6 heteroatoms. The molecule has 2 bridgehead atoms. The van der Waals surface area contributed by atoms with E-state index in [0.29, 0.717) is 0 Å². The monoisotopic (exact) mass is 346 g/mol. The topological polar surface area (TPSA) is 51.2 Å². The molecule has 0 aliphatic carbocycles. The lowest BCUT2D eigenvalue weighted by molar-refractivity contribution is -0.126. The van der Waals surface area contributed by atoms with Gasteiger partial charge in [-0.05, 0) is 35.7 Å². The second-order valence-electron chi connectivity index (χ2n) is 6.09. The molecular weight excluding hydrogens is 328 g/mol. The lowest BCUT2D eigenvalue weighted by Crippen LogP contribution is -2.38. The van der Waals surface area contributed by atoms with Crippen LogP contribution >= 0.6 is 22.7 Å². The van der Waals surface area contributed by atoms with E-state index >= 15 is 0 Å². The molecule has 0 aromatic carbocycles. The third-order valence-corrected chi connectivity index (χ3v) is 6.15. The molecular formula is C17H18N2O2S2. The third-order valence-electron chi connectivity index (χ3n) is 4.34. The molecule has 23 heavy (non-hydrogen) atoms. The van der Waals surface area contributed by atoms with Gasteiger partial charge >= 0.3 is 0 Å². The average Bonchev–Trinajstić information content (AvgIpc) is 3.31. The predicted octanol–water partition coefficient (Wildman–Crippen LogP) is 3.26. The minimum absolute atomic E-state index is 0.0557. The van der Waals surface area contributed by atoms with Crippen LogP contribution in [0.4, 0.5) is 0 Å². The number of hydrogen-bond donors (Lipinski definition) is 1. The van der Waals surface area contributed by atoms with Gasteiger partial charge in [-0.3, -0.25) is 4.79 Å². The normalized spacial score (nSPS) is 26.6. The maximum atomic E-state index is 12.7. The van der Waals surface area contributed by atoms with Crippen molar-refractivity contribution in [3.8, 4) is 0 Å². The van der Waals surface area contributed by atoms with Gasteiger partial charge in [0, 0.05) is 17.5 Å². The molecule has 1 amide bonds. The highest BCUT2D eigenvalue weighted by molar-refractivity contribution is 7.09. The number of aryl methyl sites for hydroxylation is 1. The highest BCUT2D eigenvalue weighted by atomic mass is 32.1. The van der Waals surface area contributed by atoms with Crippen molar-refractivity contribution < 1.29 is 9.53 Å². The fourth-order valence-corrected chi connectivity index (χ4v) is 4.71. The summed E-state index contributed by atoms with van der Waals surface area (Å²) in [5, 5.41) is 10.4. The van der Waals surface area contributed by atoms with Crippen LogP contribution in [0.2, 0.25) is 0 Å². The number of hydrogen-bond acceptors (Lipinski definition) is 5. The van der Waals surface area contributed by atoms with Gasteiger partial charge in [0.1, 0.15) is 5.01 Å². The van der Waals surface area contributed by atoms with Gasteiger partial charge in [0.25, 0.3) is 0 Å². The second kappa shape index (κ2) is 6.19. The van der Waals surface area contributed by atoms with Crippen LogP contribution in [-0.4, -0.2) is 23.1 Å². The Balaban J connectivity index is 1.51. The standard InChI is InChI=1S/C17H18N2O2S2/c1-10-8-23-17(18-10)14(6-11-4-5-22-9-11)19-16(20)13-7-12-2-3-15(13)21-12/h2-5,8-9,12-15H,6-7H2,1H3,(H,19,20)/t12-,13+,14-,15-/m1/s1. The first-order valence-corrected chi connectivity index (χ1v) is 9.58. The summed E-state index contributed by atoms with van der Waals surface area (Å²) in [6, 6.07) is 2.03. The summed E-state index contributed by atoms with van der Waals surface area (Å²) in [5.74, 6) is 0.00552. The highest BCUT2D eigenvalue weighted by Gasteiger charge is 2.41. The zero-order valence-corrected chi connectivity index (χ0v) is 14.4. The molecule has 2 aliphatic heterocycles. The van der Waals surface area contributed by atoms with Gasteiger partial charge in [-0.15, -0.1) is 11.3 Å². The molecule has 4 rings (SSSR count). The van der Waals surface area contributed by atoms with Gasteiger partial charge in [0.15, 0.2) is 0 Å². The van der Waals surface area contributed by atoms with Crippen LogP contribution in [0.5, 0.6) is 0 Å². The molecule has 1 N–H and O–H groups in total. The van der Waals surface area contributed by atoms with Crippen LogP contribution < -0.4 is 5.32 Å². The molecule has 0 spiro atoms. The quantitative estimate of drug-likeness (QED) is 0.846. The molecule has 2 aliphatic rings. The van der Waals surface area contributed by atoms with Crippen molar-refractivity contribution in [3.63, 3.8) is 0 Å². The summed E-state index contributed by atoms with van der Waals surface area (Å²) in [4.78, 5) is 17.3. The number of amides is 1. The van der Waals surface area contributed by atoms with Gasteiger partial charge in [0.2, 0.25) is 5.91 Å². The third kappa shape index (κ3) is 3.11. The van der Waals surface area contributed by atoms with Crippen molar-refractivity contribution in [2.45, 2.75) is 38.0 Å². The summed E-state index contributed by atoms with van der Waals surface area (Å²) in [6.45, 7) is 1.98. The van der Waals surface area contributed by atoms with Crippen molar-refractivity contribution in [2.24, 2.45) is 5.92 Å². The number of rotatable bonds is 5. The lowest BCUT2D eigenvalue weighted by Gasteiger charge is -2.21. The SMILES string of the molecule is Cc1csc([C@@H](Cc2ccsc2)NC(=O)[C@H]2C[C@H]3C=C[C@H]2O3)n1. The van der Waals surface area contributed by atoms with Gasteiger partial charge in [0.05, 0.1) is 24.2 Å². The second-order valence-corrected chi connectivity index (χ2v) is 7.76. The van der Waals surface area contributed by atoms with Crippen LogP contribution in [0.1, 0.15) is 28.7 Å². The number of aromatic nitrogens is 1. The number of ether oxygens (including phenoxy) is 1. The van der Waals surface area contributed by atoms with E-state index in [0.717, 1.165) is 23.5 Å². The molecule has 0 unspecified atom stereocenters. The molecule has 4 heterocycles. The van der Waals surface area contributed by atoms with Crippen molar-refractivity contribution in [1.29, 1.82) is 0 Å². The number of carbonyl (C=O) groups excluding carboxylic acids is 1. The Morgan fingerprint density at radius 1 is 1.48 bits per heavy atom. The van der Waals surface area contributed by atoms with E-state index in [1.807, 2.05) is 18.4 Å². The molecule has 0 saturated carbocycles. The number of thiophene rings is 1. The summed E-state index contributed by atoms with van der Waals surface area (Å²) in [6.07, 6.45) is 5.70. The molecule has 1 fully saturated rings. The molecule has 120 valence electrons. The summed E-state index contributed by atoms with van der Waals surface area (Å²) >= 11 is 3.29. The first-order valence-electron chi connectivity index (χ1n) is 7.76. The van der Waals surface area contributed by atoms with E-state index < -0.39 is 0 Å². The zero-order valence-electron chi connectivity index (χ0n) is 12.8. The Hall–Kier alpha value is -1.50. The number of nitrogens with zero attached hydrogens (tertiary/aromatic N) is 1. The first kappa shape index (κ1) is 15.1. The van der Waals surface area contributed by atoms with Crippen molar-refractivity contribution in [1.82, 2.24) is 10.3 Å². The summed E-state index contributed by atoms with van der Waals surface area (Å²) in [7, 11) is 0. The smallest absolute Gasteiger partial charge is 0.226 e. The van der Waals surface area contributed by atoms with E-state index in [1.54, 1.807) is 22.7 Å². The molecule has 2 aromatic rings. The maximum Gasteiger partial charge on any atom is 0.226 e. The summed E-state index contributed by atoms with van der Waals surface area (Å²) in [5.41, 5.74) is 2.23. The van der Waals surface area contributed by atoms with Crippen molar-refractivity contribution in [3.05, 3.63) is 50.6 Å². The lowest BCUT2D eigenvalue weighted by atomic mass is 9.93. The Kier molecular flexibility index (Phi) is 4.05. The number of fused-ring (bicyclic) bond motifs is 2. The number of thiazole rings is 1. The van der Waals surface area contributed by atoms with Gasteiger partial charge in [-0.2, -0.15) is 11.3 Å². The molecule has 4 nitrogen and oxygen atoms in total. The van der Waals surface area contributed by atoms with Gasteiger partial charge in [-0.1, -0.05) is 12.2 Å². The van der Waals surface area contributed by atoms with Crippen LogP contribution in [0.25, 0.3) is 0 Å². The van der Waals surface area contributed by atoms with E-state index in [-0.39, 0.29) is 30.1 Å². The van der Waals surface area contributed by atoms with Crippen LogP contribution in [0, 0.1) is 12.8 Å². The summed E-state index contributed by atoms with van der Waals surface area (Å²) < 4.78 is 5.72. The highest BCUT2D eigenvalue weighted by Crippen LogP contribution is 2.34. The fourth-order valence-electron chi connectivity index (χ4n) is 3.19. The van der Waals surface area contributed by atoms with E-state index in [9.17, 15) is 4.79 Å². The van der Waals surface area contributed by atoms with E-state index in [4.69, 9.17) is 4.74 Å². The molecule has 2 aromatic heterocycles. The Labute approximate surface area is 143 Å². The van der Waals surface area contributed by atoms with Crippen LogP contribution in [0.3, 0.4) is 0 Å². The molecule has 1 saturated heterocycles. The van der Waals surface area contributed by atoms with E-state index in [2.05, 4.69) is 33.2 Å². The Bertz CT molecular complexity index is 723. The van der Waals surface area contributed by atoms with Crippen LogP contribution in [-0.2, 0) is 16.0 Å². The van der Waals surface area contributed by atoms with Crippen molar-refractivity contribution in [2.75, 3.05) is 0 Å². The van der Waals surface area contributed by atoms with E-state index in [1.165, 1.54) is 5.56 Å². The molecule has 4 atom stereocenters. The van der Waals surface area contributed by atoms with Crippen molar-refractivity contribution >= 4 is 28.6 Å². The largest absolute Gasteiger partial charge is 0.366 e. The molecule has 0 radical (unpaired) electrons. The number of carbonyl (C=O) groups is 1. The van der Waals surface area contributed by atoms with Gasteiger partial charge < -0.3 is 10.1 Å². The minimum Gasteiger partial charge on any atom is -0.366 e. The minimum atomic E-state index is -0.0731. The predicted molar refractivity (Wildman–Crippen MR) is 91.7 cm³/mol. The maximum absolute atomic E-state index is 12.7.